The Balaban J connectivity index is 3.26. The van der Waals surface area contributed by atoms with Crippen molar-refractivity contribution in [2.75, 3.05) is 6.61 Å². The number of hydrogen-bond acceptors (Lipinski definition) is 1. The SMILES string of the molecule is C=CC(C)c1cc(OCC)ccc1C(C)(C)C. The van der Waals surface area contributed by atoms with Crippen molar-refractivity contribution in [1.29, 1.82) is 0 Å². The fourth-order valence-corrected chi connectivity index (χ4v) is 1.98. The van der Waals surface area contributed by atoms with Gasteiger partial charge in [0.25, 0.3) is 0 Å². The highest BCUT2D eigenvalue weighted by Gasteiger charge is 2.20. The topological polar surface area (TPSA) is 9.23 Å². The van der Waals surface area contributed by atoms with Crippen molar-refractivity contribution in [2.45, 2.75) is 46.0 Å². The first-order valence-electron chi connectivity index (χ1n) is 6.30. The molecule has 0 aliphatic carbocycles. The second-order valence-corrected chi connectivity index (χ2v) is 5.46. The van der Waals surface area contributed by atoms with E-state index >= 15 is 0 Å². The molecule has 1 aromatic rings. The summed E-state index contributed by atoms with van der Waals surface area (Å²) in [6, 6.07) is 6.39. The zero-order valence-corrected chi connectivity index (χ0v) is 11.7. The molecule has 0 aliphatic heterocycles. The maximum atomic E-state index is 5.57. The Hall–Kier alpha value is -1.24. The average molecular weight is 232 g/mol. The van der Waals surface area contributed by atoms with Gasteiger partial charge in [-0.2, -0.15) is 0 Å². The Kier molecular flexibility index (Phi) is 4.39. The van der Waals surface area contributed by atoms with Gasteiger partial charge < -0.3 is 4.74 Å². The third-order valence-corrected chi connectivity index (χ3v) is 2.99. The van der Waals surface area contributed by atoms with Crippen LogP contribution in [0.2, 0.25) is 0 Å². The Morgan fingerprint density at radius 1 is 1.35 bits per heavy atom. The normalized spacial score (nSPS) is 13.2. The lowest BCUT2D eigenvalue weighted by molar-refractivity contribution is 0.339. The van der Waals surface area contributed by atoms with Crippen LogP contribution in [0.25, 0.3) is 0 Å². The molecule has 1 unspecified atom stereocenters. The summed E-state index contributed by atoms with van der Waals surface area (Å²) >= 11 is 0. The Bertz CT molecular complexity index is 385. The fraction of sp³-hybridized carbons (Fsp3) is 0.500. The smallest absolute Gasteiger partial charge is 0.119 e. The van der Waals surface area contributed by atoms with Gasteiger partial charge in [-0.15, -0.1) is 6.58 Å². The third-order valence-electron chi connectivity index (χ3n) is 2.99. The van der Waals surface area contributed by atoms with Crippen LogP contribution in [0.1, 0.15) is 51.7 Å². The van der Waals surface area contributed by atoms with Gasteiger partial charge in [-0.1, -0.05) is 39.8 Å². The van der Waals surface area contributed by atoms with E-state index in [0.29, 0.717) is 12.5 Å². The molecule has 0 bridgehead atoms. The summed E-state index contributed by atoms with van der Waals surface area (Å²) in [6.45, 7) is 15.5. The molecule has 1 nitrogen and oxygen atoms in total. The van der Waals surface area contributed by atoms with Crippen molar-refractivity contribution in [3.63, 3.8) is 0 Å². The van der Waals surface area contributed by atoms with Gasteiger partial charge in [-0.05, 0) is 41.5 Å². The van der Waals surface area contributed by atoms with E-state index in [9.17, 15) is 0 Å². The van der Waals surface area contributed by atoms with E-state index < -0.39 is 0 Å². The molecule has 0 fully saturated rings. The van der Waals surface area contributed by atoms with Crippen LogP contribution >= 0.6 is 0 Å². The van der Waals surface area contributed by atoms with Gasteiger partial charge >= 0.3 is 0 Å². The first-order chi connectivity index (χ1) is 7.90. The molecule has 0 spiro atoms. The molecule has 1 atom stereocenters. The van der Waals surface area contributed by atoms with Crippen molar-refractivity contribution in [3.8, 4) is 5.75 Å². The van der Waals surface area contributed by atoms with E-state index in [1.807, 2.05) is 13.0 Å². The second kappa shape index (κ2) is 5.39. The van der Waals surface area contributed by atoms with Gasteiger partial charge in [0.05, 0.1) is 6.61 Å². The highest BCUT2D eigenvalue weighted by Crippen LogP contribution is 2.33. The van der Waals surface area contributed by atoms with Crippen molar-refractivity contribution in [3.05, 3.63) is 42.0 Å². The van der Waals surface area contributed by atoms with E-state index in [1.54, 1.807) is 0 Å². The van der Waals surface area contributed by atoms with Gasteiger partial charge in [0.2, 0.25) is 0 Å². The molecule has 0 aromatic heterocycles. The van der Waals surface area contributed by atoms with E-state index in [2.05, 4.69) is 52.5 Å². The lowest BCUT2D eigenvalue weighted by atomic mass is 9.80. The zero-order valence-electron chi connectivity index (χ0n) is 11.7. The van der Waals surface area contributed by atoms with E-state index in [-0.39, 0.29) is 5.41 Å². The molecule has 1 aromatic carbocycles. The molecule has 94 valence electrons. The summed E-state index contributed by atoms with van der Waals surface area (Å²) in [5, 5.41) is 0. The van der Waals surface area contributed by atoms with Gasteiger partial charge in [0.15, 0.2) is 0 Å². The zero-order chi connectivity index (χ0) is 13.1. The predicted octanol–water partition coefficient (Wildman–Crippen LogP) is 4.67. The minimum absolute atomic E-state index is 0.150. The molecule has 0 saturated carbocycles. The van der Waals surface area contributed by atoms with Crippen LogP contribution in [-0.2, 0) is 5.41 Å². The van der Waals surface area contributed by atoms with Crippen molar-refractivity contribution in [1.82, 2.24) is 0 Å². The fourth-order valence-electron chi connectivity index (χ4n) is 1.98. The molecule has 0 saturated heterocycles. The average Bonchev–Trinajstić information content (AvgIpc) is 2.27. The van der Waals surface area contributed by atoms with Crippen LogP contribution in [0.5, 0.6) is 5.75 Å². The van der Waals surface area contributed by atoms with Crippen LogP contribution in [0.15, 0.2) is 30.9 Å². The van der Waals surface area contributed by atoms with Gasteiger partial charge in [-0.25, -0.2) is 0 Å². The Morgan fingerprint density at radius 2 is 2.00 bits per heavy atom. The number of benzene rings is 1. The summed E-state index contributed by atoms with van der Waals surface area (Å²) in [7, 11) is 0. The number of rotatable bonds is 4. The third kappa shape index (κ3) is 3.36. The van der Waals surface area contributed by atoms with E-state index in [4.69, 9.17) is 4.74 Å². The number of hydrogen-bond donors (Lipinski definition) is 0. The lowest BCUT2D eigenvalue weighted by Crippen LogP contribution is -2.15. The first-order valence-corrected chi connectivity index (χ1v) is 6.30. The van der Waals surface area contributed by atoms with Crippen LogP contribution in [0.4, 0.5) is 0 Å². The largest absolute Gasteiger partial charge is 0.494 e. The molecule has 0 N–H and O–H groups in total. The minimum Gasteiger partial charge on any atom is -0.494 e. The van der Waals surface area contributed by atoms with Gasteiger partial charge in [0, 0.05) is 0 Å². The van der Waals surface area contributed by atoms with Crippen LogP contribution in [-0.4, -0.2) is 6.61 Å². The quantitative estimate of drug-likeness (QED) is 0.685. The molecule has 0 radical (unpaired) electrons. The standard InChI is InChI=1S/C16H24O/c1-7-12(3)14-11-13(17-8-2)9-10-15(14)16(4,5)6/h7,9-12H,1,8H2,2-6H3. The highest BCUT2D eigenvalue weighted by atomic mass is 16.5. The number of ether oxygens (including phenoxy) is 1. The van der Waals surface area contributed by atoms with Crippen LogP contribution < -0.4 is 4.74 Å². The molecule has 0 heterocycles. The van der Waals surface area contributed by atoms with Gasteiger partial charge in [-0.3, -0.25) is 0 Å². The Labute approximate surface area is 106 Å². The van der Waals surface area contributed by atoms with E-state index in [0.717, 1.165) is 5.75 Å². The summed E-state index contributed by atoms with van der Waals surface area (Å²) < 4.78 is 5.57. The molecule has 1 rings (SSSR count). The lowest BCUT2D eigenvalue weighted by Gasteiger charge is -2.25. The maximum Gasteiger partial charge on any atom is 0.119 e. The molecule has 0 aliphatic rings. The van der Waals surface area contributed by atoms with Crippen molar-refractivity contribution < 1.29 is 4.74 Å². The van der Waals surface area contributed by atoms with E-state index in [1.165, 1.54) is 11.1 Å². The Morgan fingerprint density at radius 3 is 2.47 bits per heavy atom. The summed E-state index contributed by atoms with van der Waals surface area (Å²) in [4.78, 5) is 0. The van der Waals surface area contributed by atoms with Gasteiger partial charge in [0.1, 0.15) is 5.75 Å². The molecule has 17 heavy (non-hydrogen) atoms. The second-order valence-electron chi connectivity index (χ2n) is 5.46. The summed E-state index contributed by atoms with van der Waals surface area (Å²) in [6.07, 6.45) is 1.99. The number of allylic oxidation sites excluding steroid dienone is 1. The van der Waals surface area contributed by atoms with Crippen molar-refractivity contribution >= 4 is 0 Å². The highest BCUT2D eigenvalue weighted by molar-refractivity contribution is 5.42. The molecular weight excluding hydrogens is 208 g/mol. The maximum absolute atomic E-state index is 5.57. The minimum atomic E-state index is 0.150. The molecule has 1 heteroatoms. The predicted molar refractivity (Wildman–Crippen MR) is 74.9 cm³/mol. The molecule has 0 amide bonds. The van der Waals surface area contributed by atoms with Crippen LogP contribution in [0.3, 0.4) is 0 Å². The monoisotopic (exact) mass is 232 g/mol. The first kappa shape index (κ1) is 13.8. The summed E-state index contributed by atoms with van der Waals surface area (Å²) in [5.41, 5.74) is 2.84. The van der Waals surface area contributed by atoms with Crippen LogP contribution in [0, 0.1) is 0 Å². The van der Waals surface area contributed by atoms with Crippen molar-refractivity contribution in [2.24, 2.45) is 0 Å². The molecular formula is C16H24O. The summed E-state index contributed by atoms with van der Waals surface area (Å²) in [5.74, 6) is 1.30.